The zero-order valence-corrected chi connectivity index (χ0v) is 13.5. The van der Waals surface area contributed by atoms with E-state index in [1.165, 1.54) is 25.1 Å². The van der Waals surface area contributed by atoms with Crippen molar-refractivity contribution in [3.8, 4) is 0 Å². The Morgan fingerprint density at radius 2 is 2.15 bits per heavy atom. The minimum atomic E-state index is 0.693. The molecule has 0 aliphatic carbocycles. The van der Waals surface area contributed by atoms with E-state index in [2.05, 4.69) is 44.0 Å². The highest BCUT2D eigenvalue weighted by molar-refractivity contribution is 5.12. The highest BCUT2D eigenvalue weighted by Gasteiger charge is 2.25. The molecule has 1 unspecified atom stereocenters. The van der Waals surface area contributed by atoms with Crippen molar-refractivity contribution in [2.24, 2.45) is 17.8 Å². The zero-order valence-electron chi connectivity index (χ0n) is 13.5. The molecular weight excluding hydrogens is 248 g/mol. The fraction of sp³-hybridized carbons (Fsp3) is 0.765. The lowest BCUT2D eigenvalue weighted by molar-refractivity contribution is 0.273. The summed E-state index contributed by atoms with van der Waals surface area (Å²) in [6.07, 6.45) is 3.24. The van der Waals surface area contributed by atoms with Gasteiger partial charge in [0.1, 0.15) is 5.76 Å². The molecule has 2 rings (SSSR count). The van der Waals surface area contributed by atoms with Gasteiger partial charge in [-0.05, 0) is 43.3 Å². The van der Waals surface area contributed by atoms with Gasteiger partial charge < -0.3 is 9.73 Å². The average molecular weight is 278 g/mol. The summed E-state index contributed by atoms with van der Waals surface area (Å²) in [7, 11) is 0. The van der Waals surface area contributed by atoms with Gasteiger partial charge in [-0.25, -0.2) is 0 Å². The lowest BCUT2D eigenvalue weighted by Gasteiger charge is -2.16. The van der Waals surface area contributed by atoms with E-state index in [-0.39, 0.29) is 0 Å². The van der Waals surface area contributed by atoms with Crippen LogP contribution in [0.1, 0.15) is 45.4 Å². The Bertz CT molecular complexity index is 397. The molecule has 0 saturated carbocycles. The van der Waals surface area contributed by atoms with Crippen molar-refractivity contribution in [1.29, 1.82) is 0 Å². The quantitative estimate of drug-likeness (QED) is 0.827. The number of hydrogen-bond donors (Lipinski definition) is 1. The Labute approximate surface area is 123 Å². The van der Waals surface area contributed by atoms with Crippen molar-refractivity contribution >= 4 is 0 Å². The van der Waals surface area contributed by atoms with E-state index in [0.29, 0.717) is 5.92 Å². The molecule has 114 valence electrons. The summed E-state index contributed by atoms with van der Waals surface area (Å²) in [6, 6.07) is 2.20. The monoisotopic (exact) mass is 278 g/mol. The SMILES string of the molecule is CC(C)CNCc1coc(CN2CCC(C(C)C)C2)c1. The van der Waals surface area contributed by atoms with E-state index in [1.807, 2.05) is 6.26 Å². The van der Waals surface area contributed by atoms with Crippen molar-refractivity contribution in [2.45, 2.75) is 47.2 Å². The Morgan fingerprint density at radius 1 is 1.35 bits per heavy atom. The van der Waals surface area contributed by atoms with E-state index >= 15 is 0 Å². The second-order valence-corrected chi connectivity index (χ2v) is 6.97. The Hall–Kier alpha value is -0.800. The van der Waals surface area contributed by atoms with Crippen LogP contribution in [-0.2, 0) is 13.1 Å². The molecule has 1 atom stereocenters. The Kier molecular flexibility index (Phi) is 5.67. The summed E-state index contributed by atoms with van der Waals surface area (Å²) >= 11 is 0. The third kappa shape index (κ3) is 4.64. The van der Waals surface area contributed by atoms with E-state index in [9.17, 15) is 0 Å². The van der Waals surface area contributed by atoms with E-state index in [4.69, 9.17) is 4.42 Å². The molecule has 0 radical (unpaired) electrons. The second-order valence-electron chi connectivity index (χ2n) is 6.97. The maximum Gasteiger partial charge on any atom is 0.118 e. The van der Waals surface area contributed by atoms with Crippen molar-refractivity contribution in [1.82, 2.24) is 10.2 Å². The summed E-state index contributed by atoms with van der Waals surface area (Å²) < 4.78 is 5.70. The van der Waals surface area contributed by atoms with Gasteiger partial charge in [0.25, 0.3) is 0 Å². The van der Waals surface area contributed by atoms with Gasteiger partial charge in [-0.1, -0.05) is 27.7 Å². The van der Waals surface area contributed by atoms with Crippen LogP contribution in [0.5, 0.6) is 0 Å². The first-order chi connectivity index (χ1) is 9.54. The molecule has 0 amide bonds. The molecule has 3 nitrogen and oxygen atoms in total. The van der Waals surface area contributed by atoms with E-state index < -0.39 is 0 Å². The van der Waals surface area contributed by atoms with Crippen molar-refractivity contribution in [3.05, 3.63) is 23.7 Å². The number of furan rings is 1. The molecule has 1 aliphatic heterocycles. The topological polar surface area (TPSA) is 28.4 Å². The molecule has 2 heterocycles. The molecule has 0 spiro atoms. The van der Waals surface area contributed by atoms with Gasteiger partial charge in [0, 0.05) is 18.7 Å². The van der Waals surface area contributed by atoms with Gasteiger partial charge in [0.05, 0.1) is 12.8 Å². The van der Waals surface area contributed by atoms with Gasteiger partial charge in [-0.2, -0.15) is 0 Å². The second kappa shape index (κ2) is 7.28. The predicted octanol–water partition coefficient (Wildman–Crippen LogP) is 3.50. The van der Waals surface area contributed by atoms with Crippen molar-refractivity contribution in [3.63, 3.8) is 0 Å². The average Bonchev–Trinajstić information content (AvgIpc) is 2.99. The fourth-order valence-electron chi connectivity index (χ4n) is 2.88. The lowest BCUT2D eigenvalue weighted by Crippen LogP contribution is -2.21. The van der Waals surface area contributed by atoms with Crippen LogP contribution in [0.15, 0.2) is 16.7 Å². The molecule has 0 bridgehead atoms. The van der Waals surface area contributed by atoms with Crippen molar-refractivity contribution in [2.75, 3.05) is 19.6 Å². The first-order valence-corrected chi connectivity index (χ1v) is 8.04. The Balaban J connectivity index is 1.75. The fourth-order valence-corrected chi connectivity index (χ4v) is 2.88. The molecule has 1 aromatic rings. The molecule has 0 aromatic carbocycles. The third-order valence-corrected chi connectivity index (χ3v) is 4.22. The van der Waals surface area contributed by atoms with Gasteiger partial charge in [0.15, 0.2) is 0 Å². The maximum atomic E-state index is 5.70. The number of likely N-dealkylation sites (tertiary alicyclic amines) is 1. The van der Waals surface area contributed by atoms with Gasteiger partial charge in [-0.3, -0.25) is 4.90 Å². The van der Waals surface area contributed by atoms with Crippen LogP contribution in [0.3, 0.4) is 0 Å². The van der Waals surface area contributed by atoms with Crippen molar-refractivity contribution < 1.29 is 4.42 Å². The van der Waals surface area contributed by atoms with Crippen LogP contribution in [0.4, 0.5) is 0 Å². The molecule has 1 fully saturated rings. The molecule has 1 aliphatic rings. The minimum Gasteiger partial charge on any atom is -0.468 e. The smallest absolute Gasteiger partial charge is 0.118 e. The number of hydrogen-bond acceptors (Lipinski definition) is 3. The summed E-state index contributed by atoms with van der Waals surface area (Å²) in [5.74, 6) is 3.46. The highest BCUT2D eigenvalue weighted by atomic mass is 16.3. The molecular formula is C17H30N2O. The molecule has 20 heavy (non-hydrogen) atoms. The maximum absolute atomic E-state index is 5.70. The first-order valence-electron chi connectivity index (χ1n) is 8.04. The standard InChI is InChI=1S/C17H30N2O/c1-13(2)8-18-9-15-7-17(20-12-15)11-19-6-5-16(10-19)14(3)4/h7,12-14,16,18H,5-6,8-11H2,1-4H3. The molecule has 1 N–H and O–H groups in total. The van der Waals surface area contributed by atoms with E-state index in [0.717, 1.165) is 37.2 Å². The molecule has 3 heteroatoms. The summed E-state index contributed by atoms with van der Waals surface area (Å²) in [5.41, 5.74) is 1.26. The normalized spacial score (nSPS) is 20.4. The molecule has 1 aromatic heterocycles. The van der Waals surface area contributed by atoms with E-state index in [1.54, 1.807) is 0 Å². The number of nitrogens with zero attached hydrogens (tertiary/aromatic N) is 1. The summed E-state index contributed by atoms with van der Waals surface area (Å²) in [4.78, 5) is 2.52. The Morgan fingerprint density at radius 3 is 2.80 bits per heavy atom. The van der Waals surface area contributed by atoms with Gasteiger partial charge >= 0.3 is 0 Å². The van der Waals surface area contributed by atoms with Crippen LogP contribution in [0.2, 0.25) is 0 Å². The van der Waals surface area contributed by atoms with Gasteiger partial charge in [0.2, 0.25) is 0 Å². The van der Waals surface area contributed by atoms with Crippen LogP contribution >= 0.6 is 0 Å². The van der Waals surface area contributed by atoms with Gasteiger partial charge in [-0.15, -0.1) is 0 Å². The lowest BCUT2D eigenvalue weighted by atomic mass is 9.95. The first kappa shape index (κ1) is 15.6. The van der Waals surface area contributed by atoms with Crippen LogP contribution in [0.25, 0.3) is 0 Å². The predicted molar refractivity (Wildman–Crippen MR) is 83.5 cm³/mol. The number of nitrogens with one attached hydrogen (secondary N) is 1. The third-order valence-electron chi connectivity index (χ3n) is 4.22. The summed E-state index contributed by atoms with van der Waals surface area (Å²) in [6.45, 7) is 14.5. The minimum absolute atomic E-state index is 0.693. The molecule has 1 saturated heterocycles. The van der Waals surface area contributed by atoms with Crippen LogP contribution in [0, 0.1) is 17.8 Å². The largest absolute Gasteiger partial charge is 0.468 e. The summed E-state index contributed by atoms with van der Waals surface area (Å²) in [5, 5.41) is 3.46. The zero-order chi connectivity index (χ0) is 14.5. The van der Waals surface area contributed by atoms with Crippen LogP contribution < -0.4 is 5.32 Å². The highest BCUT2D eigenvalue weighted by Crippen LogP contribution is 2.25. The number of rotatable bonds is 7. The van der Waals surface area contributed by atoms with Crippen LogP contribution in [-0.4, -0.2) is 24.5 Å².